The number of methoxy groups -OCH3 is 1. The molecule has 3 aromatic carbocycles. The van der Waals surface area contributed by atoms with E-state index in [0.29, 0.717) is 22.0 Å². The topological polar surface area (TPSA) is 96.5 Å². The molecule has 0 heterocycles. The van der Waals surface area contributed by atoms with Crippen molar-refractivity contribution in [2.75, 3.05) is 22.5 Å². The van der Waals surface area contributed by atoms with Crippen LogP contribution in [0.1, 0.15) is 102 Å². The van der Waals surface area contributed by atoms with Gasteiger partial charge in [0, 0.05) is 11.1 Å². The van der Waals surface area contributed by atoms with Crippen molar-refractivity contribution in [1.82, 2.24) is 0 Å². The monoisotopic (exact) mass is 593 g/mol. The number of benzene rings is 3. The Morgan fingerprint density at radius 3 is 1.83 bits per heavy atom. The number of carbonyl (C=O) groups is 1. The number of sulfonamides is 1. The lowest BCUT2D eigenvalue weighted by atomic mass is 9.89. The zero-order chi connectivity index (χ0) is 31.6. The molecular formula is C34H47N3O4S. The molecule has 3 aromatic rings. The fourth-order valence-corrected chi connectivity index (χ4v) is 6.33. The fourth-order valence-electron chi connectivity index (χ4n) is 4.58. The van der Waals surface area contributed by atoms with Gasteiger partial charge < -0.3 is 15.4 Å². The van der Waals surface area contributed by atoms with E-state index in [1.165, 1.54) is 0 Å². The molecule has 7 nitrogen and oxygen atoms in total. The highest BCUT2D eigenvalue weighted by atomic mass is 32.2. The van der Waals surface area contributed by atoms with Crippen molar-refractivity contribution < 1.29 is 17.9 Å². The van der Waals surface area contributed by atoms with Crippen molar-refractivity contribution in [3.63, 3.8) is 0 Å². The van der Waals surface area contributed by atoms with Crippen LogP contribution in [0.5, 0.6) is 5.75 Å². The number of hydrogen-bond donors (Lipinski definition) is 3. The Morgan fingerprint density at radius 2 is 1.36 bits per heavy atom. The summed E-state index contributed by atoms with van der Waals surface area (Å²) in [7, 11) is -2.34. The summed E-state index contributed by atoms with van der Waals surface area (Å²) < 4.78 is 36.3. The van der Waals surface area contributed by atoms with Crippen LogP contribution in [0.25, 0.3) is 0 Å². The van der Waals surface area contributed by atoms with Gasteiger partial charge in [0.1, 0.15) is 5.75 Å². The van der Waals surface area contributed by atoms with Crippen LogP contribution in [0.15, 0.2) is 53.4 Å². The van der Waals surface area contributed by atoms with Gasteiger partial charge in [0.25, 0.3) is 10.0 Å². The molecule has 3 N–H and O–H groups in total. The SMILES string of the molecule is COc1ccc(Nc2ccc(NS(=O)(=O)c3c(C(C)C)cc(C(C)C)cc3C(C)C)cc2NC(=O)C(C)(C)C)c(C)c1. The first-order chi connectivity index (χ1) is 19.4. The summed E-state index contributed by atoms with van der Waals surface area (Å²) in [5, 5.41) is 6.38. The maximum absolute atomic E-state index is 14.1. The molecule has 3 rings (SSSR count). The van der Waals surface area contributed by atoms with Gasteiger partial charge in [0.2, 0.25) is 5.91 Å². The quantitative estimate of drug-likeness (QED) is 0.218. The van der Waals surface area contributed by atoms with Crippen LogP contribution in [-0.2, 0) is 14.8 Å². The molecule has 0 spiro atoms. The maximum atomic E-state index is 14.1. The minimum atomic E-state index is -3.96. The van der Waals surface area contributed by atoms with Crippen LogP contribution >= 0.6 is 0 Å². The molecule has 0 saturated carbocycles. The third kappa shape index (κ3) is 7.65. The third-order valence-electron chi connectivity index (χ3n) is 7.25. The lowest BCUT2D eigenvalue weighted by molar-refractivity contribution is -0.123. The van der Waals surface area contributed by atoms with Gasteiger partial charge in [0.05, 0.1) is 29.1 Å². The Morgan fingerprint density at radius 1 is 0.786 bits per heavy atom. The second-order valence-corrected chi connectivity index (χ2v) is 14.5. The highest BCUT2D eigenvalue weighted by molar-refractivity contribution is 7.92. The van der Waals surface area contributed by atoms with Gasteiger partial charge in [-0.3, -0.25) is 9.52 Å². The summed E-state index contributed by atoms with van der Waals surface area (Å²) in [6, 6.07) is 14.9. The number of hydrogen-bond acceptors (Lipinski definition) is 5. The van der Waals surface area contributed by atoms with Crippen molar-refractivity contribution >= 4 is 38.7 Å². The molecule has 0 bridgehead atoms. The average Bonchev–Trinajstić information content (AvgIpc) is 2.89. The van der Waals surface area contributed by atoms with Gasteiger partial charge in [-0.2, -0.15) is 0 Å². The smallest absolute Gasteiger partial charge is 0.262 e. The summed E-state index contributed by atoms with van der Waals surface area (Å²) >= 11 is 0. The first-order valence-electron chi connectivity index (χ1n) is 14.5. The van der Waals surface area contributed by atoms with E-state index < -0.39 is 15.4 Å². The van der Waals surface area contributed by atoms with Gasteiger partial charge in [0.15, 0.2) is 0 Å². The lowest BCUT2D eigenvalue weighted by Crippen LogP contribution is -2.28. The number of amides is 1. The first kappa shape index (κ1) is 33.0. The molecular weight excluding hydrogens is 546 g/mol. The Bertz CT molecular complexity index is 1520. The average molecular weight is 594 g/mol. The number of nitrogens with one attached hydrogen (secondary N) is 3. The van der Waals surface area contributed by atoms with Crippen molar-refractivity contribution in [3.8, 4) is 5.75 Å². The van der Waals surface area contributed by atoms with Crippen LogP contribution < -0.4 is 20.1 Å². The fraction of sp³-hybridized carbons (Fsp3) is 0.441. The number of ether oxygens (including phenoxy) is 1. The van der Waals surface area contributed by atoms with E-state index in [1.54, 1.807) is 25.3 Å². The van der Waals surface area contributed by atoms with Crippen LogP contribution in [0.2, 0.25) is 0 Å². The van der Waals surface area contributed by atoms with Crippen molar-refractivity contribution in [2.45, 2.75) is 91.9 Å². The van der Waals surface area contributed by atoms with E-state index in [4.69, 9.17) is 4.74 Å². The Balaban J connectivity index is 2.11. The zero-order valence-corrected chi connectivity index (χ0v) is 27.7. The maximum Gasteiger partial charge on any atom is 0.262 e. The standard InChI is InChI=1S/C34H47N3O4S/c1-20(2)24-17-27(21(3)4)32(28(18-24)22(5)6)42(39,40)37-25-12-14-30(31(19-25)36-33(38)34(8,9)10)35-29-15-13-26(41-11)16-23(29)7/h12-22,35,37H,1-11H3,(H,36,38). The molecule has 0 aliphatic rings. The minimum Gasteiger partial charge on any atom is -0.497 e. The summed E-state index contributed by atoms with van der Waals surface area (Å²) in [6.07, 6.45) is 0. The summed E-state index contributed by atoms with van der Waals surface area (Å²) in [5.74, 6) is 0.841. The van der Waals surface area contributed by atoms with Crippen molar-refractivity contribution in [1.29, 1.82) is 0 Å². The van der Waals surface area contributed by atoms with E-state index in [-0.39, 0.29) is 23.7 Å². The minimum absolute atomic E-state index is 0.00808. The predicted molar refractivity (Wildman–Crippen MR) is 175 cm³/mol. The number of rotatable bonds is 10. The molecule has 0 saturated heterocycles. The normalized spacial score (nSPS) is 12.1. The molecule has 0 radical (unpaired) electrons. The summed E-state index contributed by atoms with van der Waals surface area (Å²) in [6.45, 7) is 19.8. The molecule has 0 atom stereocenters. The molecule has 0 aromatic heterocycles. The largest absolute Gasteiger partial charge is 0.497 e. The van der Waals surface area contributed by atoms with E-state index in [9.17, 15) is 13.2 Å². The Hall–Kier alpha value is -3.52. The second-order valence-electron chi connectivity index (χ2n) is 12.9. The molecule has 1 amide bonds. The van der Waals surface area contributed by atoms with Gasteiger partial charge >= 0.3 is 0 Å². The lowest BCUT2D eigenvalue weighted by Gasteiger charge is -2.24. The number of anilines is 4. The molecule has 42 heavy (non-hydrogen) atoms. The molecule has 0 aliphatic heterocycles. The highest BCUT2D eigenvalue weighted by Gasteiger charge is 2.28. The van der Waals surface area contributed by atoms with Crippen LogP contribution in [-0.4, -0.2) is 21.4 Å². The Labute approximate surface area is 252 Å². The van der Waals surface area contributed by atoms with E-state index in [0.717, 1.165) is 33.7 Å². The van der Waals surface area contributed by atoms with Crippen LogP contribution in [0, 0.1) is 12.3 Å². The highest BCUT2D eigenvalue weighted by Crippen LogP contribution is 2.37. The first-order valence-corrected chi connectivity index (χ1v) is 16.0. The van der Waals surface area contributed by atoms with Crippen molar-refractivity contribution in [3.05, 3.63) is 70.8 Å². The predicted octanol–water partition coefficient (Wildman–Crippen LogP) is 8.90. The van der Waals surface area contributed by atoms with Gasteiger partial charge in [-0.25, -0.2) is 8.42 Å². The van der Waals surface area contributed by atoms with Crippen LogP contribution in [0.3, 0.4) is 0 Å². The van der Waals surface area contributed by atoms with Gasteiger partial charge in [-0.15, -0.1) is 0 Å². The molecule has 228 valence electrons. The summed E-state index contributed by atoms with van der Waals surface area (Å²) in [4.78, 5) is 13.4. The third-order valence-corrected chi connectivity index (χ3v) is 8.77. The molecule has 8 heteroatoms. The molecule has 0 unspecified atom stereocenters. The van der Waals surface area contributed by atoms with E-state index >= 15 is 0 Å². The number of carbonyl (C=O) groups excluding carboxylic acids is 1. The molecule has 0 fully saturated rings. The zero-order valence-electron chi connectivity index (χ0n) is 26.9. The number of aryl methyl sites for hydroxylation is 1. The molecule has 0 aliphatic carbocycles. The van der Waals surface area contributed by atoms with Gasteiger partial charge in [-0.05, 0) is 83.3 Å². The van der Waals surface area contributed by atoms with Gasteiger partial charge in [-0.1, -0.05) is 74.4 Å². The van der Waals surface area contributed by atoms with Crippen molar-refractivity contribution in [2.24, 2.45) is 5.41 Å². The second kappa shape index (κ2) is 12.8. The van der Waals surface area contributed by atoms with E-state index in [2.05, 4.69) is 29.2 Å². The van der Waals surface area contributed by atoms with Crippen LogP contribution in [0.4, 0.5) is 22.7 Å². The van der Waals surface area contributed by atoms with E-state index in [1.807, 2.05) is 85.7 Å². The Kier molecular flexibility index (Phi) is 10.0. The summed E-state index contributed by atoms with van der Waals surface area (Å²) in [5.41, 5.74) is 5.32.